The molecule has 0 bridgehead atoms. The van der Waals surface area contributed by atoms with Crippen LogP contribution in [0.2, 0.25) is 0 Å². The van der Waals surface area contributed by atoms with Crippen LogP contribution in [0.15, 0.2) is 54.9 Å². The first-order chi connectivity index (χ1) is 15.7. The van der Waals surface area contributed by atoms with Crippen LogP contribution in [-0.2, 0) is 18.3 Å². The summed E-state index contributed by atoms with van der Waals surface area (Å²) in [5, 5.41) is 2.88. The van der Waals surface area contributed by atoms with Crippen LogP contribution in [0.4, 0.5) is 17.6 Å². The average molecular weight is 465 g/mol. The van der Waals surface area contributed by atoms with Gasteiger partial charge in [-0.15, -0.1) is 0 Å². The topological polar surface area (TPSA) is 65.4 Å². The lowest BCUT2D eigenvalue weighted by atomic mass is 10.0. The second kappa shape index (κ2) is 10.4. The van der Waals surface area contributed by atoms with Crippen LogP contribution in [0.3, 0.4) is 0 Å². The number of imidazole rings is 1. The van der Waals surface area contributed by atoms with Crippen LogP contribution < -0.4 is 14.8 Å². The van der Waals surface area contributed by atoms with Crippen LogP contribution in [0, 0.1) is 5.82 Å². The monoisotopic (exact) mass is 465 g/mol. The van der Waals surface area contributed by atoms with Crippen molar-refractivity contribution in [1.29, 1.82) is 0 Å². The first-order valence-corrected chi connectivity index (χ1v) is 10.0. The molecule has 0 spiro atoms. The average Bonchev–Trinajstić information content (AvgIpc) is 3.19. The molecule has 0 radical (unpaired) electrons. The molecular weight excluding hydrogens is 442 g/mol. The molecule has 1 aromatic heterocycles. The van der Waals surface area contributed by atoms with Gasteiger partial charge in [-0.05, 0) is 41.8 Å². The number of benzene rings is 2. The van der Waals surface area contributed by atoms with E-state index in [2.05, 4.69) is 10.3 Å². The maximum absolute atomic E-state index is 13.8. The summed E-state index contributed by atoms with van der Waals surface area (Å²) < 4.78 is 62.6. The Morgan fingerprint density at radius 3 is 2.61 bits per heavy atom. The number of amides is 1. The minimum absolute atomic E-state index is 0.0380. The van der Waals surface area contributed by atoms with Gasteiger partial charge in [0, 0.05) is 25.9 Å². The largest absolute Gasteiger partial charge is 0.493 e. The molecule has 1 unspecified atom stereocenters. The molecule has 1 N–H and O–H groups in total. The molecule has 0 saturated heterocycles. The third kappa shape index (κ3) is 6.71. The Morgan fingerprint density at radius 2 is 1.97 bits per heavy atom. The Labute approximate surface area is 188 Å². The van der Waals surface area contributed by atoms with Gasteiger partial charge in [0.15, 0.2) is 18.1 Å². The Morgan fingerprint density at radius 1 is 1.18 bits per heavy atom. The fraction of sp³-hybridized carbons (Fsp3) is 0.304. The lowest BCUT2D eigenvalue weighted by Gasteiger charge is -2.19. The van der Waals surface area contributed by atoms with E-state index < -0.39 is 24.6 Å². The molecule has 0 aliphatic carbocycles. The van der Waals surface area contributed by atoms with Gasteiger partial charge in [-0.25, -0.2) is 9.37 Å². The minimum Gasteiger partial charge on any atom is -0.493 e. The molecule has 1 amide bonds. The van der Waals surface area contributed by atoms with E-state index in [1.54, 1.807) is 42.2 Å². The standard InChI is InChI=1S/C23H23F4N3O3/c1-30-11-10-28-22(30)21(16-4-3-5-17(24)13-16)29-20(31)9-7-15-6-8-18(19(12-15)32-2)33-14-23(25,26)27/h3-6,8,10-13,21H,7,9,14H2,1-2H3,(H,29,31). The molecule has 1 atom stereocenters. The third-order valence-electron chi connectivity index (χ3n) is 4.86. The Bertz CT molecular complexity index is 1100. The summed E-state index contributed by atoms with van der Waals surface area (Å²) in [5.74, 6) is -0.0851. The number of ether oxygens (including phenoxy) is 2. The highest BCUT2D eigenvalue weighted by Gasteiger charge is 2.29. The van der Waals surface area contributed by atoms with E-state index in [1.165, 1.54) is 31.4 Å². The molecule has 33 heavy (non-hydrogen) atoms. The van der Waals surface area contributed by atoms with Gasteiger partial charge in [0.25, 0.3) is 0 Å². The van der Waals surface area contributed by atoms with Gasteiger partial charge in [0.05, 0.1) is 7.11 Å². The Balaban J connectivity index is 1.68. The number of carbonyl (C=O) groups excluding carboxylic acids is 1. The van der Waals surface area contributed by atoms with Crippen molar-refractivity contribution in [3.05, 3.63) is 77.6 Å². The summed E-state index contributed by atoms with van der Waals surface area (Å²) in [5.41, 5.74) is 1.23. The molecule has 6 nitrogen and oxygen atoms in total. The summed E-state index contributed by atoms with van der Waals surface area (Å²) in [6.07, 6.45) is -0.765. The van der Waals surface area contributed by atoms with E-state index in [0.717, 1.165) is 0 Å². The van der Waals surface area contributed by atoms with Gasteiger partial charge in [-0.1, -0.05) is 18.2 Å². The summed E-state index contributed by atoms with van der Waals surface area (Å²) >= 11 is 0. The van der Waals surface area contributed by atoms with Crippen molar-refractivity contribution in [1.82, 2.24) is 14.9 Å². The van der Waals surface area contributed by atoms with Crippen molar-refractivity contribution in [2.45, 2.75) is 25.1 Å². The van der Waals surface area contributed by atoms with E-state index in [1.807, 2.05) is 0 Å². The van der Waals surface area contributed by atoms with Crippen molar-refractivity contribution < 1.29 is 31.8 Å². The fourth-order valence-corrected chi connectivity index (χ4v) is 3.28. The number of rotatable bonds is 9. The SMILES string of the molecule is COc1cc(CCC(=O)NC(c2cccc(F)c2)c2nccn2C)ccc1OCC(F)(F)F. The van der Waals surface area contributed by atoms with E-state index in [9.17, 15) is 22.4 Å². The highest BCUT2D eigenvalue weighted by atomic mass is 19.4. The number of aromatic nitrogens is 2. The first-order valence-electron chi connectivity index (χ1n) is 10.0. The molecule has 2 aromatic carbocycles. The van der Waals surface area contributed by atoms with Gasteiger partial charge >= 0.3 is 6.18 Å². The molecule has 0 fully saturated rings. The molecule has 3 aromatic rings. The molecule has 176 valence electrons. The third-order valence-corrected chi connectivity index (χ3v) is 4.86. The minimum atomic E-state index is -4.47. The number of hydrogen-bond acceptors (Lipinski definition) is 4. The van der Waals surface area contributed by atoms with Gasteiger partial charge in [0.2, 0.25) is 5.91 Å². The van der Waals surface area contributed by atoms with Crippen molar-refractivity contribution in [3.63, 3.8) is 0 Å². The predicted molar refractivity (Wildman–Crippen MR) is 112 cm³/mol. The zero-order chi connectivity index (χ0) is 24.0. The number of hydrogen-bond donors (Lipinski definition) is 1. The van der Waals surface area contributed by atoms with Gasteiger partial charge in [-0.3, -0.25) is 4.79 Å². The Kier molecular flexibility index (Phi) is 7.57. The zero-order valence-electron chi connectivity index (χ0n) is 18.0. The molecule has 0 aliphatic heterocycles. The normalized spacial score (nSPS) is 12.3. The lowest BCUT2D eigenvalue weighted by molar-refractivity contribution is -0.153. The van der Waals surface area contributed by atoms with Gasteiger partial charge in [0.1, 0.15) is 17.7 Å². The predicted octanol–water partition coefficient (Wildman–Crippen LogP) is 4.35. The number of methoxy groups -OCH3 is 1. The first kappa shape index (κ1) is 24.1. The van der Waals surface area contributed by atoms with Crippen molar-refractivity contribution in [2.75, 3.05) is 13.7 Å². The second-order valence-electron chi connectivity index (χ2n) is 7.34. The molecule has 0 aliphatic rings. The molecule has 10 heteroatoms. The maximum atomic E-state index is 13.8. The molecule has 0 saturated carbocycles. The van der Waals surface area contributed by atoms with Crippen molar-refractivity contribution >= 4 is 5.91 Å². The zero-order valence-corrected chi connectivity index (χ0v) is 18.0. The van der Waals surface area contributed by atoms with E-state index in [-0.39, 0.29) is 23.8 Å². The summed E-state index contributed by atoms with van der Waals surface area (Å²) in [7, 11) is 3.10. The number of nitrogens with one attached hydrogen (secondary N) is 1. The molecule has 1 heterocycles. The molecular formula is C23H23F4N3O3. The number of nitrogens with zero attached hydrogens (tertiary/aromatic N) is 2. The van der Waals surface area contributed by atoms with Crippen molar-refractivity contribution in [3.8, 4) is 11.5 Å². The van der Waals surface area contributed by atoms with Crippen LogP contribution in [-0.4, -0.2) is 35.4 Å². The number of alkyl halides is 3. The van der Waals surface area contributed by atoms with Crippen LogP contribution in [0.5, 0.6) is 11.5 Å². The summed E-state index contributed by atoms with van der Waals surface area (Å²) in [4.78, 5) is 17.0. The fourth-order valence-electron chi connectivity index (χ4n) is 3.28. The van der Waals surface area contributed by atoms with E-state index in [0.29, 0.717) is 23.4 Å². The second-order valence-corrected chi connectivity index (χ2v) is 7.34. The number of aryl methyl sites for hydroxylation is 2. The van der Waals surface area contributed by atoms with Crippen LogP contribution in [0.1, 0.15) is 29.4 Å². The summed E-state index contributed by atoms with van der Waals surface area (Å²) in [6, 6.07) is 9.74. The van der Waals surface area contributed by atoms with Crippen molar-refractivity contribution in [2.24, 2.45) is 7.05 Å². The highest BCUT2D eigenvalue weighted by Crippen LogP contribution is 2.30. The van der Waals surface area contributed by atoms with Gasteiger partial charge < -0.3 is 19.4 Å². The Hall–Kier alpha value is -3.56. The van der Waals surface area contributed by atoms with Crippen LogP contribution >= 0.6 is 0 Å². The quantitative estimate of drug-likeness (QED) is 0.478. The highest BCUT2D eigenvalue weighted by molar-refractivity contribution is 5.77. The lowest BCUT2D eigenvalue weighted by Crippen LogP contribution is -2.31. The number of carbonyl (C=O) groups is 1. The summed E-state index contributed by atoms with van der Waals surface area (Å²) in [6.45, 7) is -1.43. The van der Waals surface area contributed by atoms with Gasteiger partial charge in [-0.2, -0.15) is 13.2 Å². The maximum Gasteiger partial charge on any atom is 0.422 e. The molecule has 3 rings (SSSR count). The smallest absolute Gasteiger partial charge is 0.422 e. The number of halogens is 4. The van der Waals surface area contributed by atoms with Crippen LogP contribution in [0.25, 0.3) is 0 Å². The van der Waals surface area contributed by atoms with E-state index >= 15 is 0 Å². The van der Waals surface area contributed by atoms with E-state index in [4.69, 9.17) is 9.47 Å².